The van der Waals surface area contributed by atoms with Crippen molar-refractivity contribution >= 4 is 17.3 Å². The molecule has 23 heavy (non-hydrogen) atoms. The standard InChI is InChI=1S/C19H25N3O/c1-4-22(5-2)13-15-7-9-16(10-8-15)19(23)21-18-12-17(20)11-6-14(18)3/h6-12H,4-5,13,20H2,1-3H3,(H,21,23). The average molecular weight is 311 g/mol. The van der Waals surface area contributed by atoms with Crippen LogP contribution in [0.4, 0.5) is 11.4 Å². The highest BCUT2D eigenvalue weighted by Gasteiger charge is 2.09. The van der Waals surface area contributed by atoms with Gasteiger partial charge in [0.25, 0.3) is 5.91 Å². The molecule has 122 valence electrons. The molecule has 0 aromatic heterocycles. The third-order valence-corrected chi connectivity index (χ3v) is 4.03. The number of benzene rings is 2. The highest BCUT2D eigenvalue weighted by molar-refractivity contribution is 6.04. The second-order valence-corrected chi connectivity index (χ2v) is 5.69. The van der Waals surface area contributed by atoms with Crippen molar-refractivity contribution in [3.63, 3.8) is 0 Å². The first-order valence-electron chi connectivity index (χ1n) is 8.02. The van der Waals surface area contributed by atoms with Gasteiger partial charge in [-0.05, 0) is 55.4 Å². The van der Waals surface area contributed by atoms with E-state index in [1.54, 1.807) is 6.07 Å². The highest BCUT2D eigenvalue weighted by Crippen LogP contribution is 2.19. The summed E-state index contributed by atoms with van der Waals surface area (Å²) in [4.78, 5) is 14.7. The second-order valence-electron chi connectivity index (χ2n) is 5.69. The molecular formula is C19H25N3O. The molecule has 0 aliphatic rings. The van der Waals surface area contributed by atoms with Crippen molar-refractivity contribution < 1.29 is 4.79 Å². The molecule has 2 rings (SSSR count). The highest BCUT2D eigenvalue weighted by atomic mass is 16.1. The minimum atomic E-state index is -0.118. The molecule has 0 aliphatic carbocycles. The Bertz CT molecular complexity index is 661. The fraction of sp³-hybridized carbons (Fsp3) is 0.316. The number of nitrogens with two attached hydrogens (primary N) is 1. The number of nitrogen functional groups attached to an aromatic ring is 1. The Labute approximate surface area is 138 Å². The Balaban J connectivity index is 2.07. The summed E-state index contributed by atoms with van der Waals surface area (Å²) in [7, 11) is 0. The summed E-state index contributed by atoms with van der Waals surface area (Å²) in [6.07, 6.45) is 0. The third kappa shape index (κ3) is 4.57. The average Bonchev–Trinajstić information content (AvgIpc) is 2.56. The Kier molecular flexibility index (Phi) is 5.77. The molecule has 0 fully saturated rings. The van der Waals surface area contributed by atoms with E-state index in [0.717, 1.165) is 30.9 Å². The van der Waals surface area contributed by atoms with Crippen LogP contribution in [-0.2, 0) is 6.54 Å². The van der Waals surface area contributed by atoms with Crippen LogP contribution in [-0.4, -0.2) is 23.9 Å². The smallest absolute Gasteiger partial charge is 0.255 e. The van der Waals surface area contributed by atoms with Crippen LogP contribution >= 0.6 is 0 Å². The minimum absolute atomic E-state index is 0.118. The molecule has 0 unspecified atom stereocenters. The van der Waals surface area contributed by atoms with Crippen molar-refractivity contribution in [3.05, 3.63) is 59.2 Å². The maximum absolute atomic E-state index is 12.4. The third-order valence-electron chi connectivity index (χ3n) is 4.03. The van der Waals surface area contributed by atoms with Gasteiger partial charge in [-0.2, -0.15) is 0 Å². The lowest BCUT2D eigenvalue weighted by molar-refractivity contribution is 0.102. The van der Waals surface area contributed by atoms with Gasteiger partial charge in [0.05, 0.1) is 0 Å². The Hall–Kier alpha value is -2.33. The van der Waals surface area contributed by atoms with Gasteiger partial charge in [-0.15, -0.1) is 0 Å². The SMILES string of the molecule is CCN(CC)Cc1ccc(C(=O)Nc2cc(N)ccc2C)cc1. The van der Waals surface area contributed by atoms with E-state index in [1.807, 2.05) is 43.3 Å². The summed E-state index contributed by atoms with van der Waals surface area (Å²) in [5.41, 5.74) is 10.0. The first-order valence-corrected chi connectivity index (χ1v) is 8.02. The van der Waals surface area contributed by atoms with Crippen molar-refractivity contribution in [1.82, 2.24) is 4.90 Å². The number of nitrogens with one attached hydrogen (secondary N) is 1. The Morgan fingerprint density at radius 2 is 1.74 bits per heavy atom. The fourth-order valence-electron chi connectivity index (χ4n) is 2.44. The lowest BCUT2D eigenvalue weighted by atomic mass is 10.1. The van der Waals surface area contributed by atoms with Crippen molar-refractivity contribution in [2.24, 2.45) is 0 Å². The van der Waals surface area contributed by atoms with Crippen LogP contribution in [0.25, 0.3) is 0 Å². The largest absolute Gasteiger partial charge is 0.399 e. The van der Waals surface area contributed by atoms with Crippen LogP contribution in [0, 0.1) is 6.92 Å². The summed E-state index contributed by atoms with van der Waals surface area (Å²) >= 11 is 0. The van der Waals surface area contributed by atoms with Crippen molar-refractivity contribution in [2.75, 3.05) is 24.1 Å². The van der Waals surface area contributed by atoms with E-state index >= 15 is 0 Å². The van der Waals surface area contributed by atoms with Gasteiger partial charge in [0.1, 0.15) is 0 Å². The quantitative estimate of drug-likeness (QED) is 0.800. The number of rotatable bonds is 6. The van der Waals surface area contributed by atoms with Crippen molar-refractivity contribution in [3.8, 4) is 0 Å². The first-order chi connectivity index (χ1) is 11.0. The summed E-state index contributed by atoms with van der Waals surface area (Å²) in [6.45, 7) is 9.20. The molecule has 1 amide bonds. The number of nitrogens with zero attached hydrogens (tertiary/aromatic N) is 1. The van der Waals surface area contributed by atoms with E-state index in [2.05, 4.69) is 24.1 Å². The Morgan fingerprint density at radius 1 is 1.09 bits per heavy atom. The molecule has 0 heterocycles. The van der Waals surface area contributed by atoms with Crippen LogP contribution < -0.4 is 11.1 Å². The molecule has 0 atom stereocenters. The molecule has 0 saturated heterocycles. The molecule has 2 aromatic carbocycles. The van der Waals surface area contributed by atoms with Gasteiger partial charge in [-0.3, -0.25) is 9.69 Å². The number of carbonyl (C=O) groups is 1. The van der Waals surface area contributed by atoms with Crippen LogP contribution in [0.1, 0.15) is 35.3 Å². The van der Waals surface area contributed by atoms with E-state index in [9.17, 15) is 4.79 Å². The monoisotopic (exact) mass is 311 g/mol. The molecular weight excluding hydrogens is 286 g/mol. The lowest BCUT2D eigenvalue weighted by Gasteiger charge is -2.18. The summed E-state index contributed by atoms with van der Waals surface area (Å²) in [6, 6.07) is 13.3. The molecule has 4 heteroatoms. The number of hydrogen-bond acceptors (Lipinski definition) is 3. The second kappa shape index (κ2) is 7.79. The van der Waals surface area contributed by atoms with Crippen molar-refractivity contribution in [1.29, 1.82) is 0 Å². The number of amides is 1. The van der Waals surface area contributed by atoms with Gasteiger partial charge >= 0.3 is 0 Å². The molecule has 0 aliphatic heterocycles. The summed E-state index contributed by atoms with van der Waals surface area (Å²) < 4.78 is 0. The zero-order valence-corrected chi connectivity index (χ0v) is 14.1. The van der Waals surface area contributed by atoms with Gasteiger partial charge < -0.3 is 11.1 Å². The molecule has 0 spiro atoms. The van der Waals surface area contributed by atoms with Gasteiger partial charge in [0, 0.05) is 23.5 Å². The predicted octanol–water partition coefficient (Wildman–Crippen LogP) is 3.67. The summed E-state index contributed by atoms with van der Waals surface area (Å²) in [5, 5.41) is 2.92. The van der Waals surface area contributed by atoms with E-state index in [-0.39, 0.29) is 5.91 Å². The van der Waals surface area contributed by atoms with E-state index < -0.39 is 0 Å². The van der Waals surface area contributed by atoms with Crippen molar-refractivity contribution in [2.45, 2.75) is 27.3 Å². The zero-order chi connectivity index (χ0) is 16.8. The van der Waals surface area contributed by atoms with Gasteiger partial charge in [-0.1, -0.05) is 32.0 Å². The van der Waals surface area contributed by atoms with Crippen LogP contribution in [0.5, 0.6) is 0 Å². The Morgan fingerprint density at radius 3 is 2.35 bits per heavy atom. The number of hydrogen-bond donors (Lipinski definition) is 2. The molecule has 0 saturated carbocycles. The zero-order valence-electron chi connectivity index (χ0n) is 14.1. The first kappa shape index (κ1) is 17.0. The van der Waals surface area contributed by atoms with Gasteiger partial charge in [0.15, 0.2) is 0 Å². The summed E-state index contributed by atoms with van der Waals surface area (Å²) in [5.74, 6) is -0.118. The molecule has 0 radical (unpaired) electrons. The number of anilines is 2. The maximum Gasteiger partial charge on any atom is 0.255 e. The van der Waals surface area contributed by atoms with E-state index in [4.69, 9.17) is 5.73 Å². The number of aryl methyl sites for hydroxylation is 1. The molecule has 3 N–H and O–H groups in total. The van der Waals surface area contributed by atoms with Gasteiger partial charge in [0.2, 0.25) is 0 Å². The molecule has 4 nitrogen and oxygen atoms in total. The topological polar surface area (TPSA) is 58.4 Å². The normalized spacial score (nSPS) is 10.8. The maximum atomic E-state index is 12.4. The predicted molar refractivity (Wildman–Crippen MR) is 96.6 cm³/mol. The van der Waals surface area contributed by atoms with E-state index in [1.165, 1.54) is 5.56 Å². The molecule has 2 aromatic rings. The molecule has 0 bridgehead atoms. The number of carbonyl (C=O) groups excluding carboxylic acids is 1. The van der Waals surface area contributed by atoms with Crippen LogP contribution in [0.15, 0.2) is 42.5 Å². The lowest BCUT2D eigenvalue weighted by Crippen LogP contribution is -2.22. The minimum Gasteiger partial charge on any atom is -0.399 e. The van der Waals surface area contributed by atoms with Crippen LogP contribution in [0.3, 0.4) is 0 Å². The van der Waals surface area contributed by atoms with Crippen LogP contribution in [0.2, 0.25) is 0 Å². The van der Waals surface area contributed by atoms with E-state index in [0.29, 0.717) is 11.3 Å². The van der Waals surface area contributed by atoms with Gasteiger partial charge in [-0.25, -0.2) is 0 Å². The fourth-order valence-corrected chi connectivity index (χ4v) is 2.44.